The molecule has 8 heteroatoms. The Bertz CT molecular complexity index is 552. The van der Waals surface area contributed by atoms with E-state index in [1.54, 1.807) is 13.1 Å². The second-order valence-corrected chi connectivity index (χ2v) is 6.45. The first-order valence-electron chi connectivity index (χ1n) is 9.25. The predicted octanol–water partition coefficient (Wildman–Crippen LogP) is 0.117. The van der Waals surface area contributed by atoms with E-state index in [9.17, 15) is 14.9 Å². The zero-order valence-electron chi connectivity index (χ0n) is 15.4. The number of morpholine rings is 1. The summed E-state index contributed by atoms with van der Waals surface area (Å²) < 4.78 is 10.4. The fourth-order valence-electron chi connectivity index (χ4n) is 3.14. The molecular weight excluding hydrogens is 336 g/mol. The first-order chi connectivity index (χ1) is 12.6. The molecular formula is C18H28N4O4. The van der Waals surface area contributed by atoms with E-state index in [4.69, 9.17) is 9.47 Å². The van der Waals surface area contributed by atoms with E-state index in [0.717, 1.165) is 39.0 Å². The third-order valence-corrected chi connectivity index (χ3v) is 4.57. The maximum Gasteiger partial charge on any atom is 0.310 e. The standard InChI is InChI=1S/C18H28N4O4/c1-2-26-18(24)15-4-3-6-22(13-15)14-16(12-19)17(23)20-5-7-21-8-10-25-11-9-21/h14-15H,2-11,13H2,1H3,(H,20,23)/b16-14-. The Hall–Kier alpha value is -2.11. The van der Waals surface area contributed by atoms with Crippen LogP contribution in [0.3, 0.4) is 0 Å². The monoisotopic (exact) mass is 364 g/mol. The van der Waals surface area contributed by atoms with Gasteiger partial charge in [-0.1, -0.05) is 0 Å². The number of piperidine rings is 1. The van der Waals surface area contributed by atoms with Gasteiger partial charge in [0.25, 0.3) is 5.91 Å². The van der Waals surface area contributed by atoms with Gasteiger partial charge in [-0.3, -0.25) is 14.5 Å². The van der Waals surface area contributed by atoms with Gasteiger partial charge in [0.2, 0.25) is 0 Å². The predicted molar refractivity (Wildman–Crippen MR) is 94.9 cm³/mol. The topological polar surface area (TPSA) is 94.9 Å². The van der Waals surface area contributed by atoms with Crippen LogP contribution in [0.15, 0.2) is 11.8 Å². The zero-order valence-corrected chi connectivity index (χ0v) is 15.4. The summed E-state index contributed by atoms with van der Waals surface area (Å²) >= 11 is 0. The number of esters is 1. The highest BCUT2D eigenvalue weighted by molar-refractivity contribution is 5.97. The molecule has 0 saturated carbocycles. The molecule has 26 heavy (non-hydrogen) atoms. The SMILES string of the molecule is CCOC(=O)C1CCCN(/C=C(/C#N)C(=O)NCCN2CCOCC2)C1. The number of nitriles is 1. The maximum absolute atomic E-state index is 12.2. The van der Waals surface area contributed by atoms with Gasteiger partial charge in [-0.25, -0.2) is 0 Å². The van der Waals surface area contributed by atoms with Crippen LogP contribution >= 0.6 is 0 Å². The number of carbonyl (C=O) groups excluding carboxylic acids is 2. The summed E-state index contributed by atoms with van der Waals surface area (Å²) in [4.78, 5) is 28.2. The lowest BCUT2D eigenvalue weighted by molar-refractivity contribution is -0.149. The van der Waals surface area contributed by atoms with Crippen molar-refractivity contribution in [2.24, 2.45) is 5.92 Å². The normalized spacial score (nSPS) is 21.8. The molecule has 2 saturated heterocycles. The van der Waals surface area contributed by atoms with Gasteiger partial charge in [-0.15, -0.1) is 0 Å². The van der Waals surface area contributed by atoms with Crippen molar-refractivity contribution in [2.75, 3.05) is 59.1 Å². The molecule has 1 amide bonds. The van der Waals surface area contributed by atoms with Gasteiger partial charge in [-0.05, 0) is 19.8 Å². The Morgan fingerprint density at radius 1 is 1.35 bits per heavy atom. The molecule has 0 aliphatic carbocycles. The molecule has 2 rings (SSSR count). The maximum atomic E-state index is 12.2. The van der Waals surface area contributed by atoms with Crippen molar-refractivity contribution in [1.82, 2.24) is 15.1 Å². The molecule has 0 spiro atoms. The highest BCUT2D eigenvalue weighted by atomic mass is 16.5. The van der Waals surface area contributed by atoms with Gasteiger partial charge in [0, 0.05) is 45.5 Å². The number of nitrogens with zero attached hydrogens (tertiary/aromatic N) is 3. The van der Waals surface area contributed by atoms with E-state index in [1.807, 2.05) is 11.0 Å². The van der Waals surface area contributed by atoms with Crippen LogP contribution in [0.25, 0.3) is 0 Å². The first kappa shape index (κ1) is 20.2. The summed E-state index contributed by atoms with van der Waals surface area (Å²) in [6, 6.07) is 1.96. The van der Waals surface area contributed by atoms with Gasteiger partial charge in [0.05, 0.1) is 25.7 Å². The Kier molecular flexibility index (Phi) is 8.38. The fraction of sp³-hybridized carbons (Fsp3) is 0.722. The van der Waals surface area contributed by atoms with Crippen molar-refractivity contribution in [3.05, 3.63) is 11.8 Å². The quantitative estimate of drug-likeness (QED) is 0.389. The molecule has 2 heterocycles. The summed E-state index contributed by atoms with van der Waals surface area (Å²) in [6.07, 6.45) is 3.17. The van der Waals surface area contributed by atoms with Gasteiger partial charge in [0.15, 0.2) is 0 Å². The minimum absolute atomic E-state index is 0.0662. The van der Waals surface area contributed by atoms with Crippen LogP contribution in [0.2, 0.25) is 0 Å². The zero-order chi connectivity index (χ0) is 18.8. The molecule has 2 aliphatic rings. The number of likely N-dealkylation sites (tertiary alicyclic amines) is 1. The summed E-state index contributed by atoms with van der Waals surface area (Å²) in [6.45, 7) is 7.73. The minimum atomic E-state index is -0.376. The summed E-state index contributed by atoms with van der Waals surface area (Å²) in [5, 5.41) is 12.1. The van der Waals surface area contributed by atoms with Crippen LogP contribution in [0.4, 0.5) is 0 Å². The van der Waals surface area contributed by atoms with Gasteiger partial charge >= 0.3 is 5.97 Å². The van der Waals surface area contributed by atoms with Crippen molar-refractivity contribution in [1.29, 1.82) is 5.26 Å². The molecule has 1 unspecified atom stereocenters. The lowest BCUT2D eigenvalue weighted by Gasteiger charge is -2.30. The molecule has 1 N–H and O–H groups in total. The Labute approximate surface area is 154 Å². The van der Waals surface area contributed by atoms with Crippen molar-refractivity contribution in [2.45, 2.75) is 19.8 Å². The molecule has 1 atom stereocenters. The number of hydrogen-bond donors (Lipinski definition) is 1. The van der Waals surface area contributed by atoms with Crippen LogP contribution in [0.1, 0.15) is 19.8 Å². The lowest BCUT2D eigenvalue weighted by Crippen LogP contribution is -2.41. The molecule has 0 aromatic carbocycles. The molecule has 2 aliphatic heterocycles. The Morgan fingerprint density at radius 2 is 2.12 bits per heavy atom. The second kappa shape index (κ2) is 10.8. The van der Waals surface area contributed by atoms with Gasteiger partial charge in [0.1, 0.15) is 11.6 Å². The number of hydrogen-bond acceptors (Lipinski definition) is 7. The number of carbonyl (C=O) groups is 2. The van der Waals surface area contributed by atoms with Crippen LogP contribution in [0.5, 0.6) is 0 Å². The third-order valence-electron chi connectivity index (χ3n) is 4.57. The number of amides is 1. The summed E-state index contributed by atoms with van der Waals surface area (Å²) in [5.74, 6) is -0.789. The lowest BCUT2D eigenvalue weighted by atomic mass is 9.98. The van der Waals surface area contributed by atoms with Crippen molar-refractivity contribution in [3.63, 3.8) is 0 Å². The molecule has 0 bridgehead atoms. The van der Waals surface area contributed by atoms with Gasteiger partial charge < -0.3 is 19.7 Å². The highest BCUT2D eigenvalue weighted by Gasteiger charge is 2.26. The van der Waals surface area contributed by atoms with E-state index in [0.29, 0.717) is 32.9 Å². The van der Waals surface area contributed by atoms with Crippen LogP contribution in [-0.4, -0.2) is 80.8 Å². The van der Waals surface area contributed by atoms with Crippen LogP contribution in [0, 0.1) is 17.2 Å². The highest BCUT2D eigenvalue weighted by Crippen LogP contribution is 2.18. The average molecular weight is 364 g/mol. The summed E-state index contributed by atoms with van der Waals surface area (Å²) in [7, 11) is 0. The first-order valence-corrected chi connectivity index (χ1v) is 9.25. The second-order valence-electron chi connectivity index (χ2n) is 6.45. The average Bonchev–Trinajstić information content (AvgIpc) is 2.67. The number of ether oxygens (including phenoxy) is 2. The summed E-state index contributed by atoms with van der Waals surface area (Å²) in [5.41, 5.74) is 0.0662. The number of rotatable bonds is 7. The van der Waals surface area contributed by atoms with E-state index in [1.165, 1.54) is 0 Å². The molecule has 0 aromatic heterocycles. The van der Waals surface area contributed by atoms with Crippen LogP contribution in [-0.2, 0) is 19.1 Å². The Morgan fingerprint density at radius 3 is 2.81 bits per heavy atom. The van der Waals surface area contributed by atoms with Gasteiger partial charge in [-0.2, -0.15) is 5.26 Å². The van der Waals surface area contributed by atoms with E-state index in [2.05, 4.69) is 10.2 Å². The fourth-order valence-corrected chi connectivity index (χ4v) is 3.14. The third kappa shape index (κ3) is 6.32. The minimum Gasteiger partial charge on any atom is -0.466 e. The molecule has 2 fully saturated rings. The van der Waals surface area contributed by atoms with Crippen molar-refractivity contribution >= 4 is 11.9 Å². The van der Waals surface area contributed by atoms with E-state index < -0.39 is 0 Å². The molecule has 144 valence electrons. The number of nitrogens with one attached hydrogen (secondary N) is 1. The van der Waals surface area contributed by atoms with E-state index >= 15 is 0 Å². The molecule has 0 radical (unpaired) electrons. The molecule has 8 nitrogen and oxygen atoms in total. The largest absolute Gasteiger partial charge is 0.466 e. The van der Waals surface area contributed by atoms with Crippen molar-refractivity contribution < 1.29 is 19.1 Å². The molecule has 0 aromatic rings. The smallest absolute Gasteiger partial charge is 0.310 e. The van der Waals surface area contributed by atoms with Crippen molar-refractivity contribution in [3.8, 4) is 6.07 Å². The Balaban J connectivity index is 1.82. The van der Waals surface area contributed by atoms with Crippen LogP contribution < -0.4 is 5.32 Å². The van der Waals surface area contributed by atoms with E-state index in [-0.39, 0.29) is 23.4 Å².